The molecule has 15 heavy (non-hydrogen) atoms. The van der Waals surface area contributed by atoms with Crippen molar-refractivity contribution in [2.75, 3.05) is 6.61 Å². The summed E-state index contributed by atoms with van der Waals surface area (Å²) in [5.41, 5.74) is 0. The molecular formula is C9H7F2O4. The maximum atomic E-state index is 11.8. The second-order valence-electron chi connectivity index (χ2n) is 2.45. The Hall–Kier alpha value is -1.85. The van der Waals surface area contributed by atoms with Crippen LogP contribution in [0.4, 0.5) is 8.78 Å². The second-order valence-corrected chi connectivity index (χ2v) is 2.45. The molecule has 1 aromatic rings. The topological polar surface area (TPSA) is 55.8 Å². The van der Waals surface area contributed by atoms with Crippen molar-refractivity contribution >= 4 is 5.97 Å². The lowest BCUT2D eigenvalue weighted by Crippen LogP contribution is -2.09. The van der Waals surface area contributed by atoms with E-state index in [-0.39, 0.29) is 11.5 Å². The van der Waals surface area contributed by atoms with Gasteiger partial charge in [-0.25, -0.2) is 4.79 Å². The largest absolute Gasteiger partial charge is 0.481 e. The fourth-order valence-corrected chi connectivity index (χ4v) is 0.824. The van der Waals surface area contributed by atoms with E-state index in [0.29, 0.717) is 0 Å². The van der Waals surface area contributed by atoms with E-state index in [2.05, 4.69) is 10.8 Å². The van der Waals surface area contributed by atoms with Crippen LogP contribution in [0.1, 0.15) is 0 Å². The van der Waals surface area contributed by atoms with Crippen LogP contribution >= 0.6 is 0 Å². The molecule has 0 amide bonds. The molecule has 1 radical (unpaired) electrons. The monoisotopic (exact) mass is 217 g/mol. The Morgan fingerprint density at radius 1 is 1.60 bits per heavy atom. The molecule has 0 spiro atoms. The molecule has 0 atom stereocenters. The Morgan fingerprint density at radius 2 is 2.33 bits per heavy atom. The Labute approximate surface area is 84.0 Å². The maximum absolute atomic E-state index is 11.8. The number of benzene rings is 1. The summed E-state index contributed by atoms with van der Waals surface area (Å²) in [5, 5.41) is 8.30. The number of rotatable bonds is 5. The van der Waals surface area contributed by atoms with Crippen LogP contribution in [0.2, 0.25) is 0 Å². The van der Waals surface area contributed by atoms with E-state index in [1.807, 2.05) is 0 Å². The minimum absolute atomic E-state index is 0.0375. The van der Waals surface area contributed by atoms with Gasteiger partial charge >= 0.3 is 12.6 Å². The van der Waals surface area contributed by atoms with Gasteiger partial charge in [-0.3, -0.25) is 0 Å². The molecular weight excluding hydrogens is 210 g/mol. The van der Waals surface area contributed by atoms with Crippen molar-refractivity contribution in [1.29, 1.82) is 0 Å². The van der Waals surface area contributed by atoms with Crippen molar-refractivity contribution in [3.63, 3.8) is 0 Å². The van der Waals surface area contributed by atoms with Gasteiger partial charge in [-0.05, 0) is 12.1 Å². The zero-order valence-corrected chi connectivity index (χ0v) is 7.44. The standard InChI is InChI=1S/C9H7F2O4/c10-9(11)15-7-3-1-2-6(4-7)14-5-8(12)13/h1,3-4,9H,5H2,(H,12,13). The van der Waals surface area contributed by atoms with Gasteiger partial charge in [-0.1, -0.05) is 0 Å². The predicted octanol–water partition coefficient (Wildman–Crippen LogP) is 1.55. The van der Waals surface area contributed by atoms with E-state index in [4.69, 9.17) is 9.84 Å². The van der Waals surface area contributed by atoms with Gasteiger partial charge < -0.3 is 14.6 Å². The van der Waals surface area contributed by atoms with Crippen molar-refractivity contribution < 1.29 is 28.2 Å². The van der Waals surface area contributed by atoms with Crippen LogP contribution in [-0.2, 0) is 4.79 Å². The predicted molar refractivity (Wildman–Crippen MR) is 45.0 cm³/mol. The number of carboxylic acid groups (broad SMARTS) is 1. The summed E-state index contributed by atoms with van der Waals surface area (Å²) >= 11 is 0. The van der Waals surface area contributed by atoms with Gasteiger partial charge in [-0.15, -0.1) is 0 Å². The first-order valence-corrected chi connectivity index (χ1v) is 3.89. The first-order valence-electron chi connectivity index (χ1n) is 3.89. The molecule has 81 valence electrons. The molecule has 0 saturated carbocycles. The third-order valence-electron chi connectivity index (χ3n) is 1.32. The van der Waals surface area contributed by atoms with Crippen LogP contribution in [0.3, 0.4) is 0 Å². The van der Waals surface area contributed by atoms with E-state index in [1.54, 1.807) is 0 Å². The third-order valence-corrected chi connectivity index (χ3v) is 1.32. The molecule has 0 fully saturated rings. The first kappa shape index (κ1) is 11.2. The van der Waals surface area contributed by atoms with E-state index < -0.39 is 19.2 Å². The highest BCUT2D eigenvalue weighted by Gasteiger charge is 2.06. The van der Waals surface area contributed by atoms with Gasteiger partial charge in [0.15, 0.2) is 6.61 Å². The summed E-state index contributed by atoms with van der Waals surface area (Å²) < 4.78 is 32.4. The zero-order valence-electron chi connectivity index (χ0n) is 7.44. The fourth-order valence-electron chi connectivity index (χ4n) is 0.824. The average Bonchev–Trinajstić information content (AvgIpc) is 2.14. The highest BCUT2D eigenvalue weighted by atomic mass is 19.3. The molecule has 0 aliphatic heterocycles. The van der Waals surface area contributed by atoms with E-state index in [9.17, 15) is 13.6 Å². The van der Waals surface area contributed by atoms with Gasteiger partial charge in [0.25, 0.3) is 0 Å². The van der Waals surface area contributed by atoms with Crippen LogP contribution in [-0.4, -0.2) is 24.3 Å². The molecule has 1 aromatic carbocycles. The molecule has 0 unspecified atom stereocenters. The third kappa shape index (κ3) is 4.26. The first-order chi connectivity index (χ1) is 7.08. The van der Waals surface area contributed by atoms with Crippen LogP contribution in [0.15, 0.2) is 18.2 Å². The summed E-state index contributed by atoms with van der Waals surface area (Å²) in [4.78, 5) is 10.1. The van der Waals surface area contributed by atoms with Crippen LogP contribution in [0, 0.1) is 6.07 Å². The highest BCUT2D eigenvalue weighted by Crippen LogP contribution is 2.20. The zero-order chi connectivity index (χ0) is 11.3. The van der Waals surface area contributed by atoms with Crippen molar-refractivity contribution in [3.8, 4) is 11.5 Å². The van der Waals surface area contributed by atoms with E-state index in [1.165, 1.54) is 12.1 Å². The van der Waals surface area contributed by atoms with Gasteiger partial charge in [-0.2, -0.15) is 8.78 Å². The molecule has 1 rings (SSSR count). The number of hydrogen-bond acceptors (Lipinski definition) is 3. The number of halogens is 2. The second kappa shape index (κ2) is 5.14. The minimum Gasteiger partial charge on any atom is -0.481 e. The molecule has 0 heterocycles. The number of ether oxygens (including phenoxy) is 2. The van der Waals surface area contributed by atoms with Gasteiger partial charge in [0.2, 0.25) is 0 Å². The Bertz CT molecular complexity index is 341. The minimum atomic E-state index is -2.93. The lowest BCUT2D eigenvalue weighted by atomic mass is 10.3. The summed E-state index contributed by atoms with van der Waals surface area (Å²) in [6.07, 6.45) is 0. The van der Waals surface area contributed by atoms with Gasteiger partial charge in [0.05, 0.1) is 0 Å². The van der Waals surface area contributed by atoms with Crippen LogP contribution in [0.5, 0.6) is 11.5 Å². The summed E-state index contributed by atoms with van der Waals surface area (Å²) in [7, 11) is 0. The Kier molecular flexibility index (Phi) is 3.84. The maximum Gasteiger partial charge on any atom is 0.387 e. The van der Waals surface area contributed by atoms with Crippen LogP contribution < -0.4 is 9.47 Å². The van der Waals surface area contributed by atoms with Crippen molar-refractivity contribution in [3.05, 3.63) is 24.3 Å². The average molecular weight is 217 g/mol. The molecule has 0 aliphatic rings. The molecule has 0 aromatic heterocycles. The van der Waals surface area contributed by atoms with Crippen LogP contribution in [0.25, 0.3) is 0 Å². The van der Waals surface area contributed by atoms with Crippen molar-refractivity contribution in [2.45, 2.75) is 6.61 Å². The normalized spacial score (nSPS) is 10.1. The van der Waals surface area contributed by atoms with Crippen molar-refractivity contribution in [1.82, 2.24) is 0 Å². The molecule has 0 saturated heterocycles. The Morgan fingerprint density at radius 3 is 2.93 bits per heavy atom. The van der Waals surface area contributed by atoms with E-state index in [0.717, 1.165) is 6.07 Å². The summed E-state index contributed by atoms with van der Waals surface area (Å²) in [5.74, 6) is -1.23. The van der Waals surface area contributed by atoms with E-state index >= 15 is 0 Å². The number of alkyl halides is 2. The lowest BCUT2D eigenvalue weighted by Gasteiger charge is -2.06. The number of carboxylic acids is 1. The van der Waals surface area contributed by atoms with Gasteiger partial charge in [0.1, 0.15) is 11.5 Å². The molecule has 0 aliphatic carbocycles. The Balaban J connectivity index is 2.61. The summed E-state index contributed by atoms with van der Waals surface area (Å²) in [6, 6.07) is 6.23. The van der Waals surface area contributed by atoms with Gasteiger partial charge in [0, 0.05) is 12.1 Å². The number of aliphatic carboxylic acids is 1. The SMILES string of the molecule is O=C(O)COc1[c]ccc(OC(F)F)c1. The fraction of sp³-hybridized carbons (Fsp3) is 0.222. The smallest absolute Gasteiger partial charge is 0.387 e. The quantitative estimate of drug-likeness (QED) is 0.812. The number of hydrogen-bond donors (Lipinski definition) is 1. The molecule has 0 bridgehead atoms. The van der Waals surface area contributed by atoms with Crippen molar-refractivity contribution in [2.24, 2.45) is 0 Å². The lowest BCUT2D eigenvalue weighted by molar-refractivity contribution is -0.139. The number of carbonyl (C=O) groups is 1. The molecule has 6 heteroatoms. The highest BCUT2D eigenvalue weighted by molar-refractivity contribution is 5.68. The molecule has 1 N–H and O–H groups in total. The summed E-state index contributed by atoms with van der Waals surface area (Å²) in [6.45, 7) is -3.49. The molecule has 4 nitrogen and oxygen atoms in total.